The Balaban J connectivity index is 2.06. The van der Waals surface area contributed by atoms with E-state index in [4.69, 9.17) is 16.3 Å². The lowest BCUT2D eigenvalue weighted by atomic mass is 9.99. The van der Waals surface area contributed by atoms with Crippen LogP contribution in [0.1, 0.15) is 32.6 Å². The van der Waals surface area contributed by atoms with Crippen molar-refractivity contribution in [2.45, 2.75) is 38.6 Å². The molecule has 3 heteroatoms. The maximum Gasteiger partial charge on any atom is 0.121 e. The number of halogens is 1. The predicted molar refractivity (Wildman–Crippen MR) is 73.0 cm³/mol. The second kappa shape index (κ2) is 5.63. The number of anilines is 1. The Kier molecular flexibility index (Phi) is 4.16. The van der Waals surface area contributed by atoms with Crippen LogP contribution in [-0.4, -0.2) is 13.2 Å². The van der Waals surface area contributed by atoms with Crippen LogP contribution in [0.5, 0.6) is 5.75 Å². The molecule has 1 aliphatic rings. The molecular weight excluding hydrogens is 234 g/mol. The molecule has 0 aromatic heterocycles. The van der Waals surface area contributed by atoms with E-state index in [0.29, 0.717) is 6.04 Å². The summed E-state index contributed by atoms with van der Waals surface area (Å²) in [5.41, 5.74) is 0.977. The first-order valence-corrected chi connectivity index (χ1v) is 6.68. The number of benzene rings is 1. The highest BCUT2D eigenvalue weighted by atomic mass is 35.5. The summed E-state index contributed by atoms with van der Waals surface area (Å²) < 4.78 is 5.22. The van der Waals surface area contributed by atoms with Gasteiger partial charge in [-0.05, 0) is 37.8 Å². The molecule has 1 aromatic carbocycles. The molecule has 0 amide bonds. The van der Waals surface area contributed by atoms with Crippen molar-refractivity contribution in [2.75, 3.05) is 12.4 Å². The quantitative estimate of drug-likeness (QED) is 0.862. The zero-order valence-electron chi connectivity index (χ0n) is 10.5. The summed E-state index contributed by atoms with van der Waals surface area (Å²) in [4.78, 5) is 0. The second-order valence-electron chi connectivity index (χ2n) is 4.82. The van der Waals surface area contributed by atoms with E-state index in [-0.39, 0.29) is 0 Å². The van der Waals surface area contributed by atoms with E-state index in [1.54, 1.807) is 7.11 Å². The topological polar surface area (TPSA) is 21.3 Å². The Bertz CT molecular complexity index is 374. The minimum atomic E-state index is 0.474. The van der Waals surface area contributed by atoms with Crippen LogP contribution in [0.3, 0.4) is 0 Å². The first-order valence-electron chi connectivity index (χ1n) is 6.31. The van der Waals surface area contributed by atoms with E-state index in [0.717, 1.165) is 22.4 Å². The lowest BCUT2D eigenvalue weighted by Crippen LogP contribution is -2.23. The van der Waals surface area contributed by atoms with Crippen molar-refractivity contribution in [3.63, 3.8) is 0 Å². The van der Waals surface area contributed by atoms with Crippen molar-refractivity contribution < 1.29 is 4.74 Å². The Morgan fingerprint density at radius 1 is 1.35 bits per heavy atom. The van der Waals surface area contributed by atoms with Crippen LogP contribution in [0.2, 0.25) is 5.02 Å². The molecule has 1 aromatic rings. The number of ether oxygens (including phenoxy) is 1. The maximum atomic E-state index is 6.19. The monoisotopic (exact) mass is 253 g/mol. The molecule has 0 radical (unpaired) electrons. The first kappa shape index (κ1) is 12.6. The number of rotatable bonds is 4. The molecule has 1 aliphatic carbocycles. The Hall–Kier alpha value is -0.890. The van der Waals surface area contributed by atoms with Gasteiger partial charge < -0.3 is 10.1 Å². The summed E-state index contributed by atoms with van der Waals surface area (Å²) in [6, 6.07) is 6.20. The summed E-state index contributed by atoms with van der Waals surface area (Å²) in [7, 11) is 1.67. The molecular formula is C14H20ClNO. The predicted octanol–water partition coefficient (Wildman–Crippen LogP) is 4.34. The van der Waals surface area contributed by atoms with Gasteiger partial charge in [-0.25, -0.2) is 0 Å². The molecule has 0 bridgehead atoms. The van der Waals surface area contributed by atoms with Gasteiger partial charge in [-0.3, -0.25) is 0 Å². The minimum absolute atomic E-state index is 0.474. The molecule has 0 heterocycles. The van der Waals surface area contributed by atoms with E-state index in [9.17, 15) is 0 Å². The lowest BCUT2D eigenvalue weighted by molar-refractivity contribution is 0.414. The maximum absolute atomic E-state index is 6.19. The Labute approximate surface area is 108 Å². The molecule has 1 N–H and O–H groups in total. The molecule has 2 nitrogen and oxygen atoms in total. The van der Waals surface area contributed by atoms with E-state index in [1.165, 1.54) is 25.7 Å². The van der Waals surface area contributed by atoms with E-state index >= 15 is 0 Å². The fraction of sp³-hybridized carbons (Fsp3) is 0.571. The summed E-state index contributed by atoms with van der Waals surface area (Å²) >= 11 is 6.19. The smallest absolute Gasteiger partial charge is 0.121 e. The van der Waals surface area contributed by atoms with Gasteiger partial charge in [-0.1, -0.05) is 24.4 Å². The van der Waals surface area contributed by atoms with Crippen molar-refractivity contribution in [1.82, 2.24) is 0 Å². The van der Waals surface area contributed by atoms with Crippen molar-refractivity contribution in [3.05, 3.63) is 23.2 Å². The zero-order valence-corrected chi connectivity index (χ0v) is 11.3. The van der Waals surface area contributed by atoms with Crippen LogP contribution >= 0.6 is 11.6 Å². The summed E-state index contributed by atoms with van der Waals surface area (Å²) in [6.45, 7) is 2.24. The fourth-order valence-electron chi connectivity index (χ4n) is 2.56. The van der Waals surface area contributed by atoms with Gasteiger partial charge in [0.05, 0.1) is 17.8 Å². The van der Waals surface area contributed by atoms with Gasteiger partial charge in [0.25, 0.3) is 0 Å². The molecule has 2 rings (SSSR count). The fourth-order valence-corrected chi connectivity index (χ4v) is 2.73. The highest BCUT2D eigenvalue weighted by Gasteiger charge is 2.21. The number of methoxy groups -OCH3 is 1. The number of nitrogens with one attached hydrogen (secondary N) is 1. The van der Waals surface area contributed by atoms with Crippen LogP contribution < -0.4 is 10.1 Å². The molecule has 1 saturated carbocycles. The molecule has 1 atom stereocenters. The first-order chi connectivity index (χ1) is 8.20. The number of hydrogen-bond acceptors (Lipinski definition) is 2. The van der Waals surface area contributed by atoms with Crippen LogP contribution in [-0.2, 0) is 0 Å². The Morgan fingerprint density at radius 3 is 2.71 bits per heavy atom. The molecule has 0 spiro atoms. The molecule has 94 valence electrons. The van der Waals surface area contributed by atoms with Gasteiger partial charge in [-0.2, -0.15) is 0 Å². The third kappa shape index (κ3) is 3.06. The van der Waals surface area contributed by atoms with Crippen molar-refractivity contribution in [1.29, 1.82) is 0 Å². The lowest BCUT2D eigenvalue weighted by Gasteiger charge is -2.22. The SMILES string of the molecule is COc1ccc(Cl)c(NC(C)C2CCCC2)c1. The number of hydrogen-bond donors (Lipinski definition) is 1. The van der Waals surface area contributed by atoms with Gasteiger partial charge in [0.1, 0.15) is 5.75 Å². The van der Waals surface area contributed by atoms with Gasteiger partial charge in [0.2, 0.25) is 0 Å². The molecule has 17 heavy (non-hydrogen) atoms. The van der Waals surface area contributed by atoms with E-state index in [2.05, 4.69) is 12.2 Å². The third-order valence-electron chi connectivity index (χ3n) is 3.66. The van der Waals surface area contributed by atoms with E-state index in [1.807, 2.05) is 18.2 Å². The highest BCUT2D eigenvalue weighted by Crippen LogP contribution is 2.32. The van der Waals surface area contributed by atoms with E-state index < -0.39 is 0 Å². The molecule has 1 unspecified atom stereocenters. The largest absolute Gasteiger partial charge is 0.497 e. The van der Waals surface area contributed by atoms with Gasteiger partial charge in [0.15, 0.2) is 0 Å². The van der Waals surface area contributed by atoms with Crippen LogP contribution in [0, 0.1) is 5.92 Å². The zero-order chi connectivity index (χ0) is 12.3. The molecule has 0 saturated heterocycles. The van der Waals surface area contributed by atoms with Gasteiger partial charge >= 0.3 is 0 Å². The summed E-state index contributed by atoms with van der Waals surface area (Å²) in [6.07, 6.45) is 5.39. The third-order valence-corrected chi connectivity index (χ3v) is 3.99. The van der Waals surface area contributed by atoms with Crippen molar-refractivity contribution in [3.8, 4) is 5.75 Å². The summed E-state index contributed by atoms with van der Waals surface area (Å²) in [5.74, 6) is 1.62. The van der Waals surface area contributed by atoms with Gasteiger partial charge in [0, 0.05) is 12.1 Å². The Morgan fingerprint density at radius 2 is 2.06 bits per heavy atom. The van der Waals surface area contributed by atoms with Crippen LogP contribution in [0.4, 0.5) is 5.69 Å². The minimum Gasteiger partial charge on any atom is -0.497 e. The highest BCUT2D eigenvalue weighted by molar-refractivity contribution is 6.33. The van der Waals surface area contributed by atoms with Crippen molar-refractivity contribution in [2.24, 2.45) is 5.92 Å². The average Bonchev–Trinajstić information content (AvgIpc) is 2.85. The standard InChI is InChI=1S/C14H20ClNO/c1-10(11-5-3-4-6-11)16-14-9-12(17-2)7-8-13(14)15/h7-11,16H,3-6H2,1-2H3. The van der Waals surface area contributed by atoms with Gasteiger partial charge in [-0.15, -0.1) is 0 Å². The van der Waals surface area contributed by atoms with Crippen LogP contribution in [0.15, 0.2) is 18.2 Å². The average molecular weight is 254 g/mol. The second-order valence-corrected chi connectivity index (χ2v) is 5.23. The summed E-state index contributed by atoms with van der Waals surface area (Å²) in [5, 5.41) is 4.27. The normalized spacial score (nSPS) is 18.1. The molecule has 1 fully saturated rings. The van der Waals surface area contributed by atoms with Crippen molar-refractivity contribution >= 4 is 17.3 Å². The van der Waals surface area contributed by atoms with Crippen LogP contribution in [0.25, 0.3) is 0 Å². The molecule has 0 aliphatic heterocycles.